The lowest BCUT2D eigenvalue weighted by molar-refractivity contribution is 0.102. The van der Waals surface area contributed by atoms with E-state index < -0.39 is 21.8 Å². The Morgan fingerprint density at radius 3 is 2.26 bits per heavy atom. The second kappa shape index (κ2) is 12.4. The zero-order valence-corrected chi connectivity index (χ0v) is 25.2. The van der Waals surface area contributed by atoms with Gasteiger partial charge in [-0.25, -0.2) is 18.5 Å². The molecule has 3 aromatic carbocycles. The number of carbonyl (C=O) groups is 2. The summed E-state index contributed by atoms with van der Waals surface area (Å²) < 4.78 is 24.8. The number of nitrogens with two attached hydrogens (primary N) is 1. The Morgan fingerprint density at radius 1 is 0.881 bits per heavy atom. The molecule has 1 aromatic heterocycles. The highest BCUT2D eigenvalue weighted by atomic mass is 79.9. The van der Waals surface area contributed by atoms with E-state index in [-0.39, 0.29) is 4.90 Å². The van der Waals surface area contributed by atoms with Gasteiger partial charge in [0, 0.05) is 53.7 Å². The molecule has 4 N–H and O–H groups in total. The molecule has 2 amide bonds. The third-order valence-corrected chi connectivity index (χ3v) is 8.42. The molecular weight excluding hydrogens is 620 g/mol. The van der Waals surface area contributed by atoms with Gasteiger partial charge < -0.3 is 20.4 Å². The average Bonchev–Trinajstić information content (AvgIpc) is 2.98. The van der Waals surface area contributed by atoms with E-state index in [1.165, 1.54) is 6.07 Å². The fourth-order valence-electron chi connectivity index (χ4n) is 4.67. The van der Waals surface area contributed by atoms with Crippen molar-refractivity contribution in [3.05, 3.63) is 101 Å². The van der Waals surface area contributed by atoms with Gasteiger partial charge in [-0.1, -0.05) is 30.3 Å². The van der Waals surface area contributed by atoms with Crippen LogP contribution in [0.1, 0.15) is 20.7 Å². The summed E-state index contributed by atoms with van der Waals surface area (Å²) in [5.74, 6) is -0.462. The Morgan fingerprint density at radius 2 is 1.60 bits per heavy atom. The molecule has 42 heavy (non-hydrogen) atoms. The van der Waals surface area contributed by atoms with Crippen molar-refractivity contribution in [3.63, 3.8) is 0 Å². The number of hydrogen-bond acceptors (Lipinski definition) is 7. The first-order chi connectivity index (χ1) is 20.1. The zero-order chi connectivity index (χ0) is 29.9. The first-order valence-electron chi connectivity index (χ1n) is 13.1. The number of aromatic nitrogens is 1. The number of carbonyl (C=O) groups excluding carboxylic acids is 2. The molecule has 12 heteroatoms. The third kappa shape index (κ3) is 6.85. The van der Waals surface area contributed by atoms with Crippen LogP contribution in [0.5, 0.6) is 0 Å². The summed E-state index contributed by atoms with van der Waals surface area (Å²) in [5, 5.41) is 11.1. The molecule has 1 aliphatic rings. The molecule has 10 nitrogen and oxygen atoms in total. The number of pyridine rings is 1. The SMILES string of the molecule is CN1CCN(c2ccc(NC(=O)c3ccc(-c4ccccc4S(N)(=O)=O)cc3)c(C(=O)Nc3ccc(Br)cn3)c2)CC1. The topological polar surface area (TPSA) is 138 Å². The highest BCUT2D eigenvalue weighted by molar-refractivity contribution is 9.10. The summed E-state index contributed by atoms with van der Waals surface area (Å²) in [7, 11) is -1.86. The van der Waals surface area contributed by atoms with Gasteiger partial charge in [-0.2, -0.15) is 0 Å². The number of rotatable bonds is 7. The van der Waals surface area contributed by atoms with Gasteiger partial charge >= 0.3 is 0 Å². The quantitative estimate of drug-likeness (QED) is 0.270. The molecule has 1 aliphatic heterocycles. The van der Waals surface area contributed by atoms with Gasteiger partial charge in [-0.15, -0.1) is 0 Å². The van der Waals surface area contributed by atoms with Crippen LogP contribution in [0.3, 0.4) is 0 Å². The number of halogens is 1. The Balaban J connectivity index is 1.41. The van der Waals surface area contributed by atoms with E-state index in [1.807, 2.05) is 6.07 Å². The number of hydrogen-bond donors (Lipinski definition) is 3. The Labute approximate surface area is 252 Å². The molecule has 0 radical (unpaired) electrons. The van der Waals surface area contributed by atoms with E-state index in [0.717, 1.165) is 36.3 Å². The average molecular weight is 650 g/mol. The lowest BCUT2D eigenvalue weighted by Gasteiger charge is -2.34. The van der Waals surface area contributed by atoms with Crippen molar-refractivity contribution in [2.45, 2.75) is 4.90 Å². The number of nitrogens with one attached hydrogen (secondary N) is 2. The normalized spacial score (nSPS) is 13.9. The van der Waals surface area contributed by atoms with Gasteiger partial charge in [0.15, 0.2) is 0 Å². The van der Waals surface area contributed by atoms with Crippen LogP contribution in [0.4, 0.5) is 17.2 Å². The van der Waals surface area contributed by atoms with Crippen molar-refractivity contribution < 1.29 is 18.0 Å². The lowest BCUT2D eigenvalue weighted by Crippen LogP contribution is -2.44. The van der Waals surface area contributed by atoms with E-state index >= 15 is 0 Å². The Bertz CT molecular complexity index is 1720. The molecule has 0 bridgehead atoms. The Kier molecular flexibility index (Phi) is 8.69. The molecule has 5 rings (SSSR count). The maximum Gasteiger partial charge on any atom is 0.259 e. The number of likely N-dealkylation sites (N-methyl/N-ethyl adjacent to an activating group) is 1. The summed E-state index contributed by atoms with van der Waals surface area (Å²) in [6, 6.07) is 21.8. The summed E-state index contributed by atoms with van der Waals surface area (Å²) >= 11 is 3.34. The van der Waals surface area contributed by atoms with Gasteiger partial charge in [0.2, 0.25) is 10.0 Å². The molecule has 0 spiro atoms. The first-order valence-corrected chi connectivity index (χ1v) is 15.5. The van der Waals surface area contributed by atoms with Crippen molar-refractivity contribution in [1.29, 1.82) is 0 Å². The van der Waals surface area contributed by atoms with Crippen LogP contribution in [0, 0.1) is 0 Å². The van der Waals surface area contributed by atoms with Gasteiger partial charge in [0.05, 0.1) is 16.1 Å². The van der Waals surface area contributed by atoms with Crippen molar-refractivity contribution in [2.75, 3.05) is 48.8 Å². The molecular formula is C30H29BrN6O4S. The highest BCUT2D eigenvalue weighted by Crippen LogP contribution is 2.28. The molecule has 1 fully saturated rings. The molecule has 0 saturated carbocycles. The fraction of sp³-hybridized carbons (Fsp3) is 0.167. The standard InChI is InChI=1S/C30H29BrN6O4S/c1-36-14-16-37(17-15-36)23-11-12-26(25(18-23)30(39)35-28-13-10-22(31)19-33-28)34-29(38)21-8-6-20(7-9-21)24-4-2-3-5-27(24)42(32,40)41/h2-13,18-19H,14-17H2,1H3,(H,34,38)(H2,32,40,41)(H,33,35,39). The molecule has 0 aliphatic carbocycles. The molecule has 0 atom stereocenters. The van der Waals surface area contributed by atoms with E-state index in [2.05, 4.69) is 48.4 Å². The van der Waals surface area contributed by atoms with Crippen LogP contribution in [0.15, 0.2) is 94.4 Å². The van der Waals surface area contributed by atoms with Crippen LogP contribution in [0.25, 0.3) is 11.1 Å². The number of amides is 2. The number of nitrogens with zero attached hydrogens (tertiary/aromatic N) is 3. The molecule has 4 aromatic rings. The van der Waals surface area contributed by atoms with Crippen molar-refractivity contribution in [3.8, 4) is 11.1 Å². The molecule has 216 valence electrons. The molecule has 1 saturated heterocycles. The van der Waals surface area contributed by atoms with Crippen molar-refractivity contribution >= 4 is 55.0 Å². The monoisotopic (exact) mass is 648 g/mol. The van der Waals surface area contributed by atoms with E-state index in [0.29, 0.717) is 33.8 Å². The minimum absolute atomic E-state index is 0.00133. The smallest absolute Gasteiger partial charge is 0.259 e. The number of benzene rings is 3. The predicted octanol–water partition coefficient (Wildman–Crippen LogP) is 4.41. The number of sulfonamides is 1. The van der Waals surface area contributed by atoms with Crippen molar-refractivity contribution in [1.82, 2.24) is 9.88 Å². The fourth-order valence-corrected chi connectivity index (χ4v) is 5.67. The zero-order valence-electron chi connectivity index (χ0n) is 22.7. The van der Waals surface area contributed by atoms with Crippen LogP contribution in [-0.4, -0.2) is 63.3 Å². The first kappa shape index (κ1) is 29.4. The largest absolute Gasteiger partial charge is 0.369 e. The minimum atomic E-state index is -3.93. The van der Waals surface area contributed by atoms with Gasteiger partial charge in [-0.05, 0) is 77.1 Å². The van der Waals surface area contributed by atoms with E-state index in [1.54, 1.807) is 72.9 Å². The van der Waals surface area contributed by atoms with E-state index in [4.69, 9.17) is 5.14 Å². The number of piperazine rings is 1. The third-order valence-electron chi connectivity index (χ3n) is 6.99. The number of anilines is 3. The maximum absolute atomic E-state index is 13.4. The molecule has 0 unspecified atom stereocenters. The van der Waals surface area contributed by atoms with Crippen molar-refractivity contribution in [2.24, 2.45) is 5.14 Å². The van der Waals surface area contributed by atoms with Crippen LogP contribution in [0.2, 0.25) is 0 Å². The van der Waals surface area contributed by atoms with E-state index in [9.17, 15) is 18.0 Å². The second-order valence-corrected chi connectivity index (χ2v) is 12.4. The van der Waals surface area contributed by atoms with Gasteiger partial charge in [0.1, 0.15) is 5.82 Å². The predicted molar refractivity (Wildman–Crippen MR) is 167 cm³/mol. The number of primary sulfonamides is 1. The maximum atomic E-state index is 13.4. The lowest BCUT2D eigenvalue weighted by atomic mass is 10.0. The van der Waals surface area contributed by atoms with Gasteiger partial charge in [0.25, 0.3) is 11.8 Å². The molecule has 2 heterocycles. The van der Waals surface area contributed by atoms with Crippen LogP contribution in [-0.2, 0) is 10.0 Å². The summed E-state index contributed by atoms with van der Waals surface area (Å²) in [4.78, 5) is 35.4. The van der Waals surface area contributed by atoms with Crippen LogP contribution < -0.4 is 20.7 Å². The second-order valence-electron chi connectivity index (χ2n) is 9.91. The Hall–Kier alpha value is -4.10. The minimum Gasteiger partial charge on any atom is -0.369 e. The van der Waals surface area contributed by atoms with Gasteiger partial charge in [-0.3, -0.25) is 9.59 Å². The summed E-state index contributed by atoms with van der Waals surface area (Å²) in [6.45, 7) is 3.44. The highest BCUT2D eigenvalue weighted by Gasteiger charge is 2.21. The summed E-state index contributed by atoms with van der Waals surface area (Å²) in [6.07, 6.45) is 1.59. The van der Waals surface area contributed by atoms with Crippen LogP contribution >= 0.6 is 15.9 Å². The summed E-state index contributed by atoms with van der Waals surface area (Å²) in [5.41, 5.74) is 2.88.